The number of allylic oxidation sites excluding steroid dienone is 1. The molecule has 232 valence electrons. The van der Waals surface area contributed by atoms with Gasteiger partial charge in [0.2, 0.25) is 21.9 Å². The first-order chi connectivity index (χ1) is 21.2. The predicted molar refractivity (Wildman–Crippen MR) is 164 cm³/mol. The number of benzene rings is 1. The summed E-state index contributed by atoms with van der Waals surface area (Å²) in [4.78, 5) is 37.1. The van der Waals surface area contributed by atoms with Gasteiger partial charge in [-0.05, 0) is 30.7 Å². The molecule has 14 nitrogen and oxygen atoms in total. The largest absolute Gasteiger partial charge is 0.389 e. The van der Waals surface area contributed by atoms with Crippen molar-refractivity contribution in [1.29, 1.82) is 5.26 Å². The number of nitriles is 1. The van der Waals surface area contributed by atoms with Crippen LogP contribution in [0.3, 0.4) is 0 Å². The molecule has 5 heterocycles. The molecule has 0 unspecified atom stereocenters. The Morgan fingerprint density at radius 3 is 2.66 bits per heavy atom. The van der Waals surface area contributed by atoms with Gasteiger partial charge >= 0.3 is 0 Å². The molecule has 6 rings (SSSR count). The third kappa shape index (κ3) is 5.55. The van der Waals surface area contributed by atoms with Gasteiger partial charge in [-0.3, -0.25) is 24.9 Å². The molecule has 1 atom stereocenters. The summed E-state index contributed by atoms with van der Waals surface area (Å²) in [7, 11) is 3.43. The number of rotatable bonds is 8. The standard InChI is InChI=1S/C27H32FN11O3S2/c1-4-19-25(34(3)39-32-23(21(11-29)44-39)16-5-7-17(28)8-6-16)38-26(31-19)43-27(33-38)36-10-9-35(20(14-36)24(42)30-2)15-22(41)37-12-18(40)13-37/h5-8,18,20,32,40H,4,9-10,12-15H2,1-3H3,(H,30,42)/t20-/m0/s1. The van der Waals surface area contributed by atoms with Crippen LogP contribution in [-0.4, -0.2) is 111 Å². The molecule has 17 heteroatoms. The molecule has 1 aromatic carbocycles. The number of likely N-dealkylation sites (tertiary alicyclic amines) is 1. The van der Waals surface area contributed by atoms with Crippen LogP contribution in [-0.2, 0) is 16.0 Å². The van der Waals surface area contributed by atoms with Crippen molar-refractivity contribution in [1.82, 2.24) is 39.7 Å². The SMILES string of the molecule is CCc1nc2sc(N3CCN(CC(=O)N4CC(O)C4)[C@H](C(=O)NC)C3)nn2c1N(C)N1NC(c2ccc(F)cc2)=C(C#N)S1. The van der Waals surface area contributed by atoms with E-state index >= 15 is 0 Å². The van der Waals surface area contributed by atoms with Crippen LogP contribution in [0.1, 0.15) is 18.2 Å². The zero-order chi connectivity index (χ0) is 31.1. The van der Waals surface area contributed by atoms with Crippen LogP contribution in [0.25, 0.3) is 10.7 Å². The molecule has 2 aromatic heterocycles. The number of imidazole rings is 1. The number of likely N-dealkylation sites (N-methyl/N-ethyl adjacent to an activating group) is 1. The number of aryl methyl sites for hydroxylation is 1. The Morgan fingerprint density at radius 1 is 1.25 bits per heavy atom. The van der Waals surface area contributed by atoms with Gasteiger partial charge in [0, 0.05) is 64.3 Å². The van der Waals surface area contributed by atoms with Gasteiger partial charge in [0.15, 0.2) is 5.82 Å². The number of hydrazine groups is 2. The van der Waals surface area contributed by atoms with Crippen molar-refractivity contribution in [2.75, 3.05) is 63.3 Å². The van der Waals surface area contributed by atoms with Crippen LogP contribution in [0.2, 0.25) is 0 Å². The fraction of sp³-hybridized carbons (Fsp3) is 0.444. The van der Waals surface area contributed by atoms with E-state index in [1.165, 1.54) is 35.4 Å². The molecule has 3 aliphatic heterocycles. The molecule has 0 spiro atoms. The fourth-order valence-corrected chi connectivity index (χ4v) is 7.16. The monoisotopic (exact) mass is 641 g/mol. The first kappa shape index (κ1) is 30.1. The van der Waals surface area contributed by atoms with E-state index in [4.69, 9.17) is 10.1 Å². The summed E-state index contributed by atoms with van der Waals surface area (Å²) in [5.74, 6) is 0.0719. The zero-order valence-corrected chi connectivity index (χ0v) is 26.0. The normalized spacial score (nSPS) is 19.7. The molecule has 0 saturated carbocycles. The molecule has 2 saturated heterocycles. The Kier molecular flexibility index (Phi) is 8.35. The molecule has 3 aliphatic rings. The summed E-state index contributed by atoms with van der Waals surface area (Å²) in [5.41, 5.74) is 5.33. The van der Waals surface area contributed by atoms with Crippen molar-refractivity contribution in [3.8, 4) is 6.07 Å². The summed E-state index contributed by atoms with van der Waals surface area (Å²) >= 11 is 2.62. The van der Waals surface area contributed by atoms with Crippen molar-refractivity contribution in [2.45, 2.75) is 25.5 Å². The van der Waals surface area contributed by atoms with Crippen molar-refractivity contribution >= 4 is 56.7 Å². The number of hydrogen-bond donors (Lipinski definition) is 3. The minimum atomic E-state index is -0.556. The minimum Gasteiger partial charge on any atom is -0.389 e. The van der Waals surface area contributed by atoms with Crippen LogP contribution in [0.5, 0.6) is 0 Å². The van der Waals surface area contributed by atoms with E-state index in [0.717, 1.165) is 5.69 Å². The summed E-state index contributed by atoms with van der Waals surface area (Å²) < 4.78 is 17.0. The number of nitrogens with one attached hydrogen (secondary N) is 2. The quantitative estimate of drug-likeness (QED) is 0.297. The number of carbonyl (C=O) groups excluding carboxylic acids is 2. The lowest BCUT2D eigenvalue weighted by atomic mass is 10.1. The van der Waals surface area contributed by atoms with Gasteiger partial charge in [0.25, 0.3) is 0 Å². The highest BCUT2D eigenvalue weighted by atomic mass is 32.2. The van der Waals surface area contributed by atoms with Gasteiger partial charge in [-0.15, -0.1) is 5.10 Å². The lowest BCUT2D eigenvalue weighted by molar-refractivity contribution is -0.144. The van der Waals surface area contributed by atoms with Crippen molar-refractivity contribution in [3.63, 3.8) is 0 Å². The second-order valence-corrected chi connectivity index (χ2v) is 12.5. The molecule has 3 aromatic rings. The van der Waals surface area contributed by atoms with Crippen molar-refractivity contribution < 1.29 is 19.1 Å². The Balaban J connectivity index is 1.21. The highest BCUT2D eigenvalue weighted by molar-refractivity contribution is 8.01. The maximum absolute atomic E-state index is 13.5. The summed E-state index contributed by atoms with van der Waals surface area (Å²) in [6, 6.07) is 7.62. The van der Waals surface area contributed by atoms with Gasteiger partial charge in [0.05, 0.1) is 24.0 Å². The van der Waals surface area contributed by atoms with Gasteiger partial charge in [0.1, 0.15) is 22.8 Å². The topological polar surface area (TPSA) is 149 Å². The number of anilines is 2. The van der Waals surface area contributed by atoms with E-state index in [1.54, 1.807) is 33.1 Å². The summed E-state index contributed by atoms with van der Waals surface area (Å²) in [5, 5.41) is 29.5. The van der Waals surface area contributed by atoms with Crippen LogP contribution in [0.4, 0.5) is 15.3 Å². The number of hydrogen-bond acceptors (Lipinski definition) is 13. The molecule has 2 amide bonds. The third-order valence-electron chi connectivity index (χ3n) is 7.86. The number of nitrogens with zero attached hydrogens (tertiary/aromatic N) is 9. The molecule has 2 fully saturated rings. The van der Waals surface area contributed by atoms with Crippen LogP contribution in [0.15, 0.2) is 29.2 Å². The first-order valence-electron chi connectivity index (χ1n) is 14.1. The van der Waals surface area contributed by atoms with E-state index in [1.807, 2.05) is 28.8 Å². The number of amides is 2. The Bertz CT molecular complexity index is 1650. The zero-order valence-electron chi connectivity index (χ0n) is 24.4. The van der Waals surface area contributed by atoms with Gasteiger partial charge < -0.3 is 20.2 Å². The molecule has 3 N–H and O–H groups in total. The van der Waals surface area contributed by atoms with E-state index in [-0.39, 0.29) is 24.2 Å². The average molecular weight is 642 g/mol. The van der Waals surface area contributed by atoms with E-state index in [9.17, 15) is 24.3 Å². The number of aliphatic hydroxyl groups excluding tert-OH is 1. The molecule has 0 bridgehead atoms. The Morgan fingerprint density at radius 2 is 2.00 bits per heavy atom. The Hall–Kier alpha value is -3.95. The third-order valence-corrected chi connectivity index (χ3v) is 9.82. The number of carbonyl (C=O) groups is 2. The van der Waals surface area contributed by atoms with Crippen LogP contribution >= 0.6 is 23.3 Å². The van der Waals surface area contributed by atoms with Gasteiger partial charge in [-0.1, -0.05) is 22.8 Å². The molecular weight excluding hydrogens is 610 g/mol. The summed E-state index contributed by atoms with van der Waals surface area (Å²) in [6.07, 6.45) is 0.166. The van der Waals surface area contributed by atoms with Crippen molar-refractivity contribution in [3.05, 3.63) is 46.2 Å². The highest BCUT2D eigenvalue weighted by Crippen LogP contribution is 2.38. The minimum absolute atomic E-state index is 0.102. The second-order valence-electron chi connectivity index (χ2n) is 10.6. The van der Waals surface area contributed by atoms with E-state index in [2.05, 4.69) is 16.8 Å². The van der Waals surface area contributed by atoms with Gasteiger partial charge in [-0.2, -0.15) is 9.78 Å². The first-order valence-corrected chi connectivity index (χ1v) is 15.7. The smallest absolute Gasteiger partial charge is 0.238 e. The number of piperazine rings is 1. The molecule has 0 radical (unpaired) electrons. The molecule has 44 heavy (non-hydrogen) atoms. The van der Waals surface area contributed by atoms with Gasteiger partial charge in [-0.25, -0.2) is 9.37 Å². The summed E-state index contributed by atoms with van der Waals surface area (Å²) in [6.45, 7) is 4.15. The van der Waals surface area contributed by atoms with Crippen LogP contribution < -0.4 is 20.7 Å². The number of halogens is 1. The molecule has 0 aliphatic carbocycles. The van der Waals surface area contributed by atoms with E-state index < -0.39 is 12.1 Å². The van der Waals surface area contributed by atoms with E-state index in [0.29, 0.717) is 71.2 Å². The number of fused-ring (bicyclic) bond motifs is 1. The van der Waals surface area contributed by atoms with Crippen molar-refractivity contribution in [2.24, 2.45) is 0 Å². The van der Waals surface area contributed by atoms with Crippen LogP contribution in [0, 0.1) is 17.1 Å². The maximum atomic E-state index is 13.5. The average Bonchev–Trinajstić information content (AvgIpc) is 3.72. The second kappa shape index (κ2) is 12.2. The lowest BCUT2D eigenvalue weighted by Crippen LogP contribution is -2.62. The number of aromatic nitrogens is 3. The fourth-order valence-electron chi connectivity index (χ4n) is 5.40. The lowest BCUT2D eigenvalue weighted by Gasteiger charge is -2.42. The number of β-amino-alcohol motifs (C(OH)–C–C–N with tert-alkyl or cyclic N) is 1. The molecular formula is C27H32FN11O3S2. The Labute approximate surface area is 261 Å². The maximum Gasteiger partial charge on any atom is 0.238 e. The predicted octanol–water partition coefficient (Wildman–Crippen LogP) is 0.644. The number of aliphatic hydroxyl groups is 1. The highest BCUT2D eigenvalue weighted by Gasteiger charge is 2.38.